The number of alkyl carbamates (subject to hydrolysis) is 1. The Hall–Kier alpha value is -4.80. The summed E-state index contributed by atoms with van der Waals surface area (Å²) in [5.74, 6) is -1.87. The SMILES string of the molecule is Cc1ccc(Oc2c(CC(NC(=O)OCC3c4ccccc4-c4ccccc43)C(=O)O)c(C(F)(F)F)nn2C)cc1. The van der Waals surface area contributed by atoms with Gasteiger partial charge in [-0.25, -0.2) is 14.3 Å². The molecule has 0 aliphatic heterocycles. The summed E-state index contributed by atoms with van der Waals surface area (Å²) in [5, 5.41) is 15.6. The van der Waals surface area contributed by atoms with Gasteiger partial charge in [-0.05, 0) is 41.3 Å². The van der Waals surface area contributed by atoms with Gasteiger partial charge in [-0.1, -0.05) is 66.2 Å². The molecule has 0 fully saturated rings. The molecule has 1 aliphatic carbocycles. The van der Waals surface area contributed by atoms with Gasteiger partial charge in [-0.3, -0.25) is 0 Å². The molecule has 0 bridgehead atoms. The Labute approximate surface area is 233 Å². The first kappa shape index (κ1) is 27.8. The molecular weight excluding hydrogens is 539 g/mol. The zero-order chi connectivity index (χ0) is 29.3. The van der Waals surface area contributed by atoms with Crippen LogP contribution in [-0.2, 0) is 29.2 Å². The van der Waals surface area contributed by atoms with E-state index in [2.05, 4.69) is 10.4 Å². The molecule has 1 unspecified atom stereocenters. The van der Waals surface area contributed by atoms with Crippen LogP contribution in [-0.4, -0.2) is 39.6 Å². The highest BCUT2D eigenvalue weighted by Crippen LogP contribution is 2.44. The van der Waals surface area contributed by atoms with Crippen LogP contribution in [0.4, 0.5) is 18.0 Å². The van der Waals surface area contributed by atoms with E-state index in [-0.39, 0.29) is 24.2 Å². The van der Waals surface area contributed by atoms with Gasteiger partial charge in [0, 0.05) is 24.9 Å². The summed E-state index contributed by atoms with van der Waals surface area (Å²) in [4.78, 5) is 24.8. The smallest absolute Gasteiger partial charge is 0.435 e. The van der Waals surface area contributed by atoms with E-state index < -0.39 is 42.0 Å². The molecule has 0 saturated carbocycles. The number of carboxylic acid groups (broad SMARTS) is 1. The highest BCUT2D eigenvalue weighted by Gasteiger charge is 2.41. The Kier molecular flexibility index (Phi) is 7.44. The van der Waals surface area contributed by atoms with E-state index in [9.17, 15) is 27.9 Å². The van der Waals surface area contributed by atoms with Crippen LogP contribution in [0.2, 0.25) is 0 Å². The van der Waals surface area contributed by atoms with Crippen molar-refractivity contribution in [3.63, 3.8) is 0 Å². The number of halogens is 3. The number of hydrogen-bond acceptors (Lipinski definition) is 5. The number of carbonyl (C=O) groups is 2. The molecule has 1 amide bonds. The number of aryl methyl sites for hydroxylation is 2. The second-order valence-electron chi connectivity index (χ2n) is 9.73. The monoisotopic (exact) mass is 565 g/mol. The van der Waals surface area contributed by atoms with E-state index in [1.165, 1.54) is 7.05 Å². The number of nitrogens with zero attached hydrogens (tertiary/aromatic N) is 2. The molecule has 212 valence electrons. The molecule has 0 radical (unpaired) electrons. The van der Waals surface area contributed by atoms with Gasteiger partial charge in [0.25, 0.3) is 0 Å². The van der Waals surface area contributed by atoms with Crippen molar-refractivity contribution in [2.24, 2.45) is 7.05 Å². The first-order valence-corrected chi connectivity index (χ1v) is 12.7. The third kappa shape index (κ3) is 5.74. The summed E-state index contributed by atoms with van der Waals surface area (Å²) < 4.78 is 53.7. The maximum absolute atomic E-state index is 13.9. The Morgan fingerprint density at radius 1 is 1.00 bits per heavy atom. The lowest BCUT2D eigenvalue weighted by molar-refractivity contribution is -0.143. The zero-order valence-corrected chi connectivity index (χ0v) is 22.1. The minimum absolute atomic E-state index is 0.0886. The van der Waals surface area contributed by atoms with Crippen LogP contribution < -0.4 is 10.1 Å². The second-order valence-corrected chi connectivity index (χ2v) is 9.73. The average molecular weight is 566 g/mol. The molecule has 8 nitrogen and oxygen atoms in total. The number of rotatable bonds is 8. The van der Waals surface area contributed by atoms with E-state index in [0.29, 0.717) is 0 Å². The number of carbonyl (C=O) groups excluding carboxylic acids is 1. The largest absolute Gasteiger partial charge is 0.480 e. The minimum atomic E-state index is -4.89. The number of hydrogen-bond donors (Lipinski definition) is 2. The second kappa shape index (κ2) is 11.0. The fourth-order valence-electron chi connectivity index (χ4n) is 5.00. The van der Waals surface area contributed by atoms with Crippen molar-refractivity contribution in [3.05, 3.63) is 101 Å². The number of benzene rings is 3. The quantitative estimate of drug-likeness (QED) is 0.269. The number of aromatic nitrogens is 2. The Morgan fingerprint density at radius 3 is 2.15 bits per heavy atom. The fraction of sp³-hybridized carbons (Fsp3) is 0.233. The van der Waals surface area contributed by atoms with Crippen molar-refractivity contribution in [2.75, 3.05) is 6.61 Å². The number of nitrogens with one attached hydrogen (secondary N) is 1. The highest BCUT2D eigenvalue weighted by molar-refractivity contribution is 5.81. The molecule has 0 saturated heterocycles. The Balaban J connectivity index is 1.35. The Morgan fingerprint density at radius 2 is 1.59 bits per heavy atom. The summed E-state index contributed by atoms with van der Waals surface area (Å²) in [6.07, 6.45) is -6.71. The summed E-state index contributed by atoms with van der Waals surface area (Å²) in [7, 11) is 1.26. The van der Waals surface area contributed by atoms with Crippen molar-refractivity contribution in [1.82, 2.24) is 15.1 Å². The predicted molar refractivity (Wildman–Crippen MR) is 143 cm³/mol. The summed E-state index contributed by atoms with van der Waals surface area (Å²) >= 11 is 0. The van der Waals surface area contributed by atoms with Crippen molar-refractivity contribution in [1.29, 1.82) is 0 Å². The van der Waals surface area contributed by atoms with Gasteiger partial charge < -0.3 is 19.9 Å². The summed E-state index contributed by atoms with van der Waals surface area (Å²) in [6, 6.07) is 20.2. The minimum Gasteiger partial charge on any atom is -0.480 e. The van der Waals surface area contributed by atoms with Crippen LogP contribution in [0.5, 0.6) is 11.6 Å². The normalized spacial score (nSPS) is 13.3. The lowest BCUT2D eigenvalue weighted by Crippen LogP contribution is -2.43. The maximum Gasteiger partial charge on any atom is 0.435 e. The average Bonchev–Trinajstić information content (AvgIpc) is 3.42. The van der Waals surface area contributed by atoms with Crippen molar-refractivity contribution in [2.45, 2.75) is 31.5 Å². The molecule has 1 heterocycles. The van der Waals surface area contributed by atoms with E-state index >= 15 is 0 Å². The maximum atomic E-state index is 13.9. The first-order valence-electron chi connectivity index (χ1n) is 12.7. The lowest BCUT2D eigenvalue weighted by atomic mass is 9.98. The van der Waals surface area contributed by atoms with E-state index in [0.717, 1.165) is 32.5 Å². The molecule has 41 heavy (non-hydrogen) atoms. The topological polar surface area (TPSA) is 103 Å². The molecule has 5 rings (SSSR count). The molecule has 11 heteroatoms. The van der Waals surface area contributed by atoms with Crippen molar-refractivity contribution < 1.29 is 37.3 Å². The molecule has 4 aromatic rings. The molecule has 1 atom stereocenters. The van der Waals surface area contributed by atoms with Crippen LogP contribution in [0.15, 0.2) is 72.8 Å². The van der Waals surface area contributed by atoms with Crippen molar-refractivity contribution >= 4 is 12.1 Å². The molecule has 3 aromatic carbocycles. The van der Waals surface area contributed by atoms with Gasteiger partial charge in [0.2, 0.25) is 5.88 Å². The number of aliphatic carboxylic acids is 1. The summed E-state index contributed by atoms with van der Waals surface area (Å²) in [5.41, 5.74) is 3.04. The van der Waals surface area contributed by atoms with Gasteiger partial charge in [0.1, 0.15) is 18.4 Å². The number of ether oxygens (including phenoxy) is 2. The van der Waals surface area contributed by atoms with Gasteiger partial charge in [-0.15, -0.1) is 0 Å². The number of alkyl halides is 3. The highest BCUT2D eigenvalue weighted by atomic mass is 19.4. The third-order valence-electron chi connectivity index (χ3n) is 6.93. The molecule has 1 aliphatic rings. The molecule has 1 aromatic heterocycles. The Bertz CT molecular complexity index is 1550. The van der Waals surface area contributed by atoms with Crippen LogP contribution >= 0.6 is 0 Å². The third-order valence-corrected chi connectivity index (χ3v) is 6.93. The van der Waals surface area contributed by atoms with Crippen LogP contribution in [0, 0.1) is 6.92 Å². The predicted octanol–water partition coefficient (Wildman–Crippen LogP) is 6.07. The van der Waals surface area contributed by atoms with Gasteiger partial charge >= 0.3 is 18.2 Å². The molecule has 0 spiro atoms. The van der Waals surface area contributed by atoms with Crippen LogP contribution in [0.3, 0.4) is 0 Å². The van der Waals surface area contributed by atoms with Crippen LogP contribution in [0.25, 0.3) is 11.1 Å². The molecular formula is C30H26F3N3O5. The standard InChI is InChI=1S/C30H26F3N3O5/c1-17-11-13-18(14-12-17)41-27-23(26(30(31,32)33)35-36(27)2)15-25(28(37)38)34-29(39)40-16-24-21-9-5-3-7-19(21)20-8-4-6-10-22(20)24/h3-14,24-25H,15-16H2,1-2H3,(H,34,39)(H,37,38). The van der Waals surface area contributed by atoms with Gasteiger partial charge in [0.05, 0.1) is 0 Å². The first-order chi connectivity index (χ1) is 19.5. The fourth-order valence-corrected chi connectivity index (χ4v) is 5.00. The van der Waals surface area contributed by atoms with Gasteiger partial charge in [0.15, 0.2) is 5.69 Å². The van der Waals surface area contributed by atoms with E-state index in [4.69, 9.17) is 9.47 Å². The van der Waals surface area contributed by atoms with Crippen molar-refractivity contribution in [3.8, 4) is 22.8 Å². The van der Waals surface area contributed by atoms with Gasteiger partial charge in [-0.2, -0.15) is 18.3 Å². The number of carboxylic acids is 1. The number of amides is 1. The lowest BCUT2D eigenvalue weighted by Gasteiger charge is -2.18. The number of fused-ring (bicyclic) bond motifs is 3. The van der Waals surface area contributed by atoms with E-state index in [1.807, 2.05) is 55.5 Å². The van der Waals surface area contributed by atoms with Crippen LogP contribution in [0.1, 0.15) is 33.9 Å². The van der Waals surface area contributed by atoms with E-state index in [1.54, 1.807) is 24.3 Å². The zero-order valence-electron chi connectivity index (χ0n) is 22.1. The molecule has 2 N–H and O–H groups in total. The summed E-state index contributed by atoms with van der Waals surface area (Å²) in [6.45, 7) is 1.75.